The summed E-state index contributed by atoms with van der Waals surface area (Å²) >= 11 is 0. The van der Waals surface area contributed by atoms with Crippen molar-refractivity contribution in [1.82, 2.24) is 14.4 Å². The molecule has 0 radical (unpaired) electrons. The molecule has 2 saturated heterocycles. The lowest BCUT2D eigenvalue weighted by atomic mass is 9.97. The van der Waals surface area contributed by atoms with Crippen molar-refractivity contribution in [3.05, 3.63) is 107 Å². The summed E-state index contributed by atoms with van der Waals surface area (Å²) in [5.74, 6) is 0.848. The fourth-order valence-electron chi connectivity index (χ4n) is 7.47. The molecule has 7 rings (SSSR count). The van der Waals surface area contributed by atoms with Crippen LogP contribution < -0.4 is 9.64 Å². The predicted octanol–water partition coefficient (Wildman–Crippen LogP) is 6.77. The molecule has 45 heavy (non-hydrogen) atoms. The Morgan fingerprint density at radius 3 is 2.36 bits per heavy atom. The number of likely N-dealkylation sites (tertiary alicyclic amines) is 2. The molecule has 3 aliphatic rings. The monoisotopic (exact) mass is 602 g/mol. The number of carbonyl (C=O) groups excluding carboxylic acids is 2. The lowest BCUT2D eigenvalue weighted by Gasteiger charge is -2.40. The van der Waals surface area contributed by atoms with Crippen LogP contribution in [0.3, 0.4) is 0 Å². The van der Waals surface area contributed by atoms with Crippen LogP contribution in [0, 0.1) is 6.92 Å². The molecule has 0 N–H and O–H groups in total. The minimum absolute atomic E-state index is 0.0509. The predicted molar refractivity (Wildman–Crippen MR) is 178 cm³/mol. The molecular formula is C38H42N4O3. The summed E-state index contributed by atoms with van der Waals surface area (Å²) in [4.78, 5) is 34.6. The van der Waals surface area contributed by atoms with Crippen LogP contribution in [0.15, 0.2) is 78.9 Å². The van der Waals surface area contributed by atoms with E-state index in [9.17, 15) is 9.59 Å². The van der Waals surface area contributed by atoms with E-state index in [2.05, 4.69) is 21.6 Å². The second-order valence-electron chi connectivity index (χ2n) is 12.7. The van der Waals surface area contributed by atoms with E-state index in [0.717, 1.165) is 65.3 Å². The van der Waals surface area contributed by atoms with Gasteiger partial charge in [-0.05, 0) is 110 Å². The van der Waals surface area contributed by atoms with Gasteiger partial charge in [-0.3, -0.25) is 9.59 Å². The first-order valence-electron chi connectivity index (χ1n) is 16.4. The molecule has 0 spiro atoms. The number of nitrogens with zero attached hydrogens (tertiary/aromatic N) is 4. The van der Waals surface area contributed by atoms with Crippen molar-refractivity contribution in [3.63, 3.8) is 0 Å². The number of fused-ring (bicyclic) bond motifs is 2. The molecular weight excluding hydrogens is 560 g/mol. The number of benzene rings is 3. The van der Waals surface area contributed by atoms with Gasteiger partial charge in [-0.25, -0.2) is 0 Å². The maximum Gasteiger partial charge on any atom is 0.270 e. The summed E-state index contributed by atoms with van der Waals surface area (Å²) in [6.07, 6.45) is 6.02. The van der Waals surface area contributed by atoms with E-state index >= 15 is 0 Å². The Hall–Kier alpha value is -4.36. The van der Waals surface area contributed by atoms with Crippen LogP contribution in [0.2, 0.25) is 0 Å². The third-order valence-corrected chi connectivity index (χ3v) is 9.98. The van der Waals surface area contributed by atoms with Crippen LogP contribution >= 0.6 is 0 Å². The minimum atomic E-state index is -0.0509. The van der Waals surface area contributed by atoms with Crippen molar-refractivity contribution >= 4 is 17.5 Å². The van der Waals surface area contributed by atoms with Gasteiger partial charge in [-0.2, -0.15) is 0 Å². The third kappa shape index (κ3) is 5.77. The normalized spacial score (nSPS) is 17.4. The molecule has 7 heteroatoms. The molecule has 3 aromatic carbocycles. The summed E-state index contributed by atoms with van der Waals surface area (Å²) in [7, 11) is 1.67. The number of hydrogen-bond acceptors (Lipinski definition) is 4. The number of piperidine rings is 2. The van der Waals surface area contributed by atoms with Crippen LogP contribution in [-0.2, 0) is 13.1 Å². The highest BCUT2D eigenvalue weighted by atomic mass is 16.5. The first kappa shape index (κ1) is 29.4. The lowest BCUT2D eigenvalue weighted by molar-refractivity contribution is 0.0580. The summed E-state index contributed by atoms with van der Waals surface area (Å²) in [5, 5.41) is 0. The summed E-state index contributed by atoms with van der Waals surface area (Å²) < 4.78 is 7.55. The average Bonchev–Trinajstić information content (AvgIpc) is 3.40. The Morgan fingerprint density at radius 1 is 0.778 bits per heavy atom. The fourth-order valence-corrected chi connectivity index (χ4v) is 7.47. The zero-order chi connectivity index (χ0) is 30.9. The maximum absolute atomic E-state index is 14.2. The Bertz CT molecular complexity index is 1710. The van der Waals surface area contributed by atoms with Gasteiger partial charge < -0.3 is 24.0 Å². The Balaban J connectivity index is 1.13. The van der Waals surface area contributed by atoms with Gasteiger partial charge in [0.25, 0.3) is 11.8 Å². The summed E-state index contributed by atoms with van der Waals surface area (Å²) in [6, 6.07) is 26.6. The number of hydrogen-bond donors (Lipinski definition) is 0. The summed E-state index contributed by atoms with van der Waals surface area (Å²) in [6.45, 7) is 7.00. The second kappa shape index (κ2) is 12.6. The van der Waals surface area contributed by atoms with Crippen LogP contribution in [0.5, 0.6) is 5.75 Å². The van der Waals surface area contributed by atoms with Crippen molar-refractivity contribution < 1.29 is 14.3 Å². The van der Waals surface area contributed by atoms with Gasteiger partial charge >= 0.3 is 0 Å². The fraction of sp³-hybridized carbons (Fsp3) is 0.368. The number of aryl methyl sites for hydroxylation is 1. The van der Waals surface area contributed by atoms with Gasteiger partial charge in [0.05, 0.1) is 20.2 Å². The topological polar surface area (TPSA) is 58.0 Å². The van der Waals surface area contributed by atoms with E-state index < -0.39 is 0 Å². The lowest BCUT2D eigenvalue weighted by Crippen LogP contribution is -2.48. The molecule has 1 aromatic heterocycles. The van der Waals surface area contributed by atoms with Gasteiger partial charge in [-0.1, -0.05) is 42.8 Å². The molecule has 2 amide bonds. The zero-order valence-corrected chi connectivity index (χ0v) is 26.4. The first-order valence-corrected chi connectivity index (χ1v) is 16.4. The number of rotatable bonds is 5. The molecule has 4 aromatic rings. The quantitative estimate of drug-likeness (QED) is 0.253. The number of amides is 2. The number of methoxy groups -OCH3 is 1. The number of ether oxygens (including phenoxy) is 1. The van der Waals surface area contributed by atoms with Gasteiger partial charge in [0, 0.05) is 36.1 Å². The van der Waals surface area contributed by atoms with E-state index in [0.29, 0.717) is 30.4 Å². The van der Waals surface area contributed by atoms with Gasteiger partial charge in [0.15, 0.2) is 0 Å². The van der Waals surface area contributed by atoms with Crippen molar-refractivity contribution in [1.29, 1.82) is 0 Å². The molecule has 0 bridgehead atoms. The number of aromatic nitrogens is 1. The molecule has 0 aliphatic carbocycles. The molecule has 2 fully saturated rings. The molecule has 0 unspecified atom stereocenters. The Labute approximate surface area is 266 Å². The largest absolute Gasteiger partial charge is 0.497 e. The number of para-hydroxylation sites is 1. The first-order chi connectivity index (χ1) is 22.0. The van der Waals surface area contributed by atoms with Crippen LogP contribution in [-0.4, -0.2) is 65.5 Å². The van der Waals surface area contributed by atoms with E-state index in [1.54, 1.807) is 7.11 Å². The van der Waals surface area contributed by atoms with Crippen LogP contribution in [0.25, 0.3) is 11.1 Å². The average molecular weight is 603 g/mol. The van der Waals surface area contributed by atoms with Crippen molar-refractivity contribution in [3.8, 4) is 16.9 Å². The molecule has 4 heterocycles. The van der Waals surface area contributed by atoms with Gasteiger partial charge in [-0.15, -0.1) is 0 Å². The molecule has 232 valence electrons. The summed E-state index contributed by atoms with van der Waals surface area (Å²) in [5.41, 5.74) is 7.39. The highest BCUT2D eigenvalue weighted by Crippen LogP contribution is 2.33. The molecule has 0 saturated carbocycles. The minimum Gasteiger partial charge on any atom is -0.497 e. The van der Waals surface area contributed by atoms with E-state index in [4.69, 9.17) is 4.74 Å². The highest BCUT2D eigenvalue weighted by Gasteiger charge is 2.32. The van der Waals surface area contributed by atoms with E-state index in [1.165, 1.54) is 32.4 Å². The second-order valence-corrected chi connectivity index (χ2v) is 12.7. The molecule has 0 atom stereocenters. The van der Waals surface area contributed by atoms with E-state index in [-0.39, 0.29) is 11.8 Å². The van der Waals surface area contributed by atoms with Crippen molar-refractivity contribution in [2.24, 2.45) is 0 Å². The van der Waals surface area contributed by atoms with Crippen molar-refractivity contribution in [2.45, 2.75) is 58.2 Å². The number of anilines is 1. The third-order valence-electron chi connectivity index (χ3n) is 9.98. The van der Waals surface area contributed by atoms with Crippen LogP contribution in [0.4, 0.5) is 5.69 Å². The van der Waals surface area contributed by atoms with E-state index in [1.807, 2.05) is 83.5 Å². The van der Waals surface area contributed by atoms with Gasteiger partial charge in [0.1, 0.15) is 11.4 Å². The SMILES string of the molecule is COc1cccc(-c2ccc(C(=O)N3Cc4ccc(C(=O)N5CCC(N6CCCCC6)CC5)n4Cc4ccccc43)cc2C)c1. The number of carbonyl (C=O) groups is 2. The van der Waals surface area contributed by atoms with Gasteiger partial charge in [0.2, 0.25) is 0 Å². The zero-order valence-electron chi connectivity index (χ0n) is 26.4. The highest BCUT2D eigenvalue weighted by molar-refractivity contribution is 6.07. The Morgan fingerprint density at radius 2 is 1.58 bits per heavy atom. The van der Waals surface area contributed by atoms with Crippen LogP contribution in [0.1, 0.15) is 69.8 Å². The maximum atomic E-state index is 14.2. The smallest absolute Gasteiger partial charge is 0.270 e. The Kier molecular flexibility index (Phi) is 8.19. The molecule has 3 aliphatic heterocycles. The standard InChI is InChI=1S/C38H42N4O3/c1-27-23-29(13-15-34(27)28-10-8-11-33(24-28)45-2)37(43)42-26-32-14-16-36(41(32)25-30-9-4-5-12-35(30)42)38(44)40-21-17-31(18-22-40)39-19-6-3-7-20-39/h4-5,8-16,23-24,31H,3,6-7,17-22,25-26H2,1-2H3. The van der Waals surface area contributed by atoms with Crippen molar-refractivity contribution in [2.75, 3.05) is 38.2 Å². The molecule has 7 nitrogen and oxygen atoms in total.